The Morgan fingerprint density at radius 3 is 2.20 bits per heavy atom. The van der Waals surface area contributed by atoms with Crippen LogP contribution in [0, 0.1) is 5.82 Å². The zero-order chi connectivity index (χ0) is 18.1. The number of hydrogen-bond donors (Lipinski definition) is 2. The molecular weight excluding hydrogens is 343 g/mol. The minimum atomic E-state index is -3.26. The van der Waals surface area contributed by atoms with E-state index < -0.39 is 9.84 Å². The Morgan fingerprint density at radius 2 is 1.68 bits per heavy atom. The van der Waals surface area contributed by atoms with Crippen LogP contribution in [0.25, 0.3) is 0 Å². The molecule has 2 aromatic carbocycles. The predicted octanol–water partition coefficient (Wildman–Crippen LogP) is 3.08. The van der Waals surface area contributed by atoms with Crippen molar-refractivity contribution in [2.75, 3.05) is 18.1 Å². The Labute approximate surface area is 146 Å². The van der Waals surface area contributed by atoms with E-state index in [2.05, 4.69) is 10.6 Å². The number of carbonyl (C=O) groups is 1. The highest BCUT2D eigenvalue weighted by molar-refractivity contribution is 7.90. The van der Waals surface area contributed by atoms with Gasteiger partial charge in [0.25, 0.3) is 0 Å². The maximum atomic E-state index is 13.0. The van der Waals surface area contributed by atoms with Gasteiger partial charge in [-0.05, 0) is 54.8 Å². The third-order valence-electron chi connectivity index (χ3n) is 4.44. The van der Waals surface area contributed by atoms with Gasteiger partial charge >= 0.3 is 6.03 Å². The highest BCUT2D eigenvalue weighted by Gasteiger charge is 2.44. The van der Waals surface area contributed by atoms with Crippen molar-refractivity contribution >= 4 is 21.6 Å². The summed E-state index contributed by atoms with van der Waals surface area (Å²) in [5.41, 5.74) is 1.41. The average Bonchev–Trinajstić information content (AvgIpc) is 3.34. The quantitative estimate of drug-likeness (QED) is 0.858. The van der Waals surface area contributed by atoms with Crippen molar-refractivity contribution in [2.24, 2.45) is 0 Å². The van der Waals surface area contributed by atoms with Gasteiger partial charge in [-0.1, -0.05) is 12.1 Å². The third-order valence-corrected chi connectivity index (χ3v) is 5.57. The minimum absolute atomic E-state index is 0.120. The monoisotopic (exact) mass is 362 g/mol. The lowest BCUT2D eigenvalue weighted by molar-refractivity contribution is 0.251. The van der Waals surface area contributed by atoms with E-state index in [1.54, 1.807) is 24.3 Å². The van der Waals surface area contributed by atoms with Crippen LogP contribution in [0.2, 0.25) is 0 Å². The van der Waals surface area contributed by atoms with Crippen molar-refractivity contribution in [3.05, 3.63) is 59.9 Å². The molecule has 0 aliphatic heterocycles. The van der Waals surface area contributed by atoms with Crippen molar-refractivity contribution < 1.29 is 17.6 Å². The van der Waals surface area contributed by atoms with Gasteiger partial charge < -0.3 is 10.6 Å². The average molecular weight is 362 g/mol. The Hall–Kier alpha value is -2.41. The van der Waals surface area contributed by atoms with Gasteiger partial charge in [0.15, 0.2) is 9.84 Å². The topological polar surface area (TPSA) is 75.3 Å². The largest absolute Gasteiger partial charge is 0.337 e. The molecule has 5 nitrogen and oxygen atoms in total. The van der Waals surface area contributed by atoms with Crippen molar-refractivity contribution in [3.8, 4) is 0 Å². The number of halogens is 1. The molecule has 0 bridgehead atoms. The first-order valence-corrected chi connectivity index (χ1v) is 9.79. The fraction of sp³-hybridized carbons (Fsp3) is 0.278. The van der Waals surface area contributed by atoms with Crippen LogP contribution in [0.15, 0.2) is 53.4 Å². The molecule has 132 valence electrons. The van der Waals surface area contributed by atoms with E-state index in [0.29, 0.717) is 12.2 Å². The van der Waals surface area contributed by atoms with Gasteiger partial charge in [-0.2, -0.15) is 0 Å². The van der Waals surface area contributed by atoms with Gasteiger partial charge in [-0.3, -0.25) is 0 Å². The first kappa shape index (κ1) is 17.4. The molecule has 1 fully saturated rings. The lowest BCUT2D eigenvalue weighted by Crippen LogP contribution is -2.35. The van der Waals surface area contributed by atoms with E-state index in [9.17, 15) is 17.6 Å². The van der Waals surface area contributed by atoms with Gasteiger partial charge in [0.2, 0.25) is 0 Å². The van der Waals surface area contributed by atoms with Crippen LogP contribution in [0.3, 0.4) is 0 Å². The first-order chi connectivity index (χ1) is 11.8. The third kappa shape index (κ3) is 4.17. The SMILES string of the molecule is CS(=O)(=O)c1ccc(NC(=O)NCC2(c3ccc(F)cc3)CC2)cc1. The van der Waals surface area contributed by atoms with Gasteiger partial charge in [-0.25, -0.2) is 17.6 Å². The summed E-state index contributed by atoms with van der Waals surface area (Å²) in [6, 6.07) is 12.0. The van der Waals surface area contributed by atoms with Gasteiger partial charge in [0.1, 0.15) is 5.82 Å². The summed E-state index contributed by atoms with van der Waals surface area (Å²) in [6.45, 7) is 0.464. The number of anilines is 1. The minimum Gasteiger partial charge on any atom is -0.337 e. The highest BCUT2D eigenvalue weighted by Crippen LogP contribution is 2.47. The fourth-order valence-corrected chi connectivity index (χ4v) is 3.36. The Balaban J connectivity index is 1.57. The molecule has 2 N–H and O–H groups in total. The standard InChI is InChI=1S/C18H19FN2O3S/c1-25(23,24)16-8-6-15(7-9-16)21-17(22)20-12-18(10-11-18)13-2-4-14(19)5-3-13/h2-9H,10-12H2,1H3,(H2,20,21,22). The van der Waals surface area contributed by atoms with E-state index in [4.69, 9.17) is 0 Å². The molecule has 7 heteroatoms. The highest BCUT2D eigenvalue weighted by atomic mass is 32.2. The summed E-state index contributed by atoms with van der Waals surface area (Å²) in [6.07, 6.45) is 3.02. The smallest absolute Gasteiger partial charge is 0.319 e. The summed E-state index contributed by atoms with van der Waals surface area (Å²) in [7, 11) is -3.26. The zero-order valence-corrected chi connectivity index (χ0v) is 14.6. The zero-order valence-electron chi connectivity index (χ0n) is 13.8. The molecular formula is C18H19FN2O3S. The second kappa shape index (κ2) is 6.48. The molecule has 0 atom stereocenters. The van der Waals surface area contributed by atoms with Crippen LogP contribution < -0.4 is 10.6 Å². The van der Waals surface area contributed by atoms with Gasteiger partial charge in [-0.15, -0.1) is 0 Å². The van der Waals surface area contributed by atoms with Crippen molar-refractivity contribution in [1.82, 2.24) is 5.32 Å². The van der Waals surface area contributed by atoms with Crippen LogP contribution in [0.5, 0.6) is 0 Å². The molecule has 0 aromatic heterocycles. The van der Waals surface area contributed by atoms with Crippen LogP contribution in [0.1, 0.15) is 18.4 Å². The molecule has 1 saturated carbocycles. The summed E-state index contributed by atoms with van der Waals surface area (Å²) >= 11 is 0. The molecule has 0 spiro atoms. The molecule has 0 heterocycles. The lowest BCUT2D eigenvalue weighted by atomic mass is 9.96. The molecule has 3 rings (SSSR count). The predicted molar refractivity (Wildman–Crippen MR) is 93.9 cm³/mol. The second-order valence-corrected chi connectivity index (χ2v) is 8.41. The molecule has 1 aliphatic rings. The van der Waals surface area contributed by atoms with Crippen molar-refractivity contribution in [3.63, 3.8) is 0 Å². The van der Waals surface area contributed by atoms with Crippen LogP contribution in [-0.2, 0) is 15.3 Å². The number of sulfone groups is 1. The van der Waals surface area contributed by atoms with Crippen LogP contribution in [0.4, 0.5) is 14.9 Å². The maximum absolute atomic E-state index is 13.0. The summed E-state index contributed by atoms with van der Waals surface area (Å²) < 4.78 is 35.9. The Morgan fingerprint density at radius 1 is 1.08 bits per heavy atom. The van der Waals surface area contributed by atoms with Crippen LogP contribution in [-0.4, -0.2) is 27.2 Å². The molecule has 0 unspecified atom stereocenters. The van der Waals surface area contributed by atoms with E-state index >= 15 is 0 Å². The van der Waals surface area contributed by atoms with Gasteiger partial charge in [0, 0.05) is 23.9 Å². The molecule has 0 saturated heterocycles. The number of amides is 2. The molecule has 0 radical (unpaired) electrons. The first-order valence-electron chi connectivity index (χ1n) is 7.90. The normalized spacial score (nSPS) is 15.4. The number of hydrogen-bond acceptors (Lipinski definition) is 3. The second-order valence-electron chi connectivity index (χ2n) is 6.39. The Bertz CT molecular complexity index is 874. The Kier molecular flexibility index (Phi) is 4.51. The van der Waals surface area contributed by atoms with Gasteiger partial charge in [0.05, 0.1) is 4.90 Å². The van der Waals surface area contributed by atoms with E-state index in [0.717, 1.165) is 24.7 Å². The molecule has 2 aromatic rings. The van der Waals surface area contributed by atoms with E-state index in [1.807, 2.05) is 0 Å². The fourth-order valence-electron chi connectivity index (χ4n) is 2.73. The van der Waals surface area contributed by atoms with E-state index in [-0.39, 0.29) is 22.2 Å². The summed E-state index contributed by atoms with van der Waals surface area (Å²) in [4.78, 5) is 12.3. The molecule has 1 aliphatic carbocycles. The number of nitrogens with one attached hydrogen (secondary N) is 2. The molecule has 25 heavy (non-hydrogen) atoms. The number of carbonyl (C=O) groups excluding carboxylic acids is 1. The summed E-state index contributed by atoms with van der Waals surface area (Å²) in [5, 5.41) is 5.51. The van der Waals surface area contributed by atoms with Crippen molar-refractivity contribution in [1.29, 1.82) is 0 Å². The number of urea groups is 1. The lowest BCUT2D eigenvalue weighted by Gasteiger charge is -2.17. The number of benzene rings is 2. The van der Waals surface area contributed by atoms with Crippen LogP contribution >= 0.6 is 0 Å². The number of rotatable bonds is 5. The van der Waals surface area contributed by atoms with Crippen molar-refractivity contribution in [2.45, 2.75) is 23.2 Å². The maximum Gasteiger partial charge on any atom is 0.319 e. The van der Waals surface area contributed by atoms with E-state index in [1.165, 1.54) is 24.3 Å². The molecule has 2 amide bonds. The summed E-state index contributed by atoms with van der Waals surface area (Å²) in [5.74, 6) is -0.275.